The Hall–Kier alpha value is -1.88. The number of anilines is 1. The molecule has 1 aromatic carbocycles. The molecule has 2 aliphatic heterocycles. The fraction of sp³-hybridized carbons (Fsp3) is 0.619. The van der Waals surface area contributed by atoms with Crippen LogP contribution in [0.3, 0.4) is 0 Å². The number of nitrogens with zero attached hydrogens (tertiary/aromatic N) is 3. The first kappa shape index (κ1) is 16.3. The maximum Gasteiger partial charge on any atom is 0.234 e. The molecule has 1 aromatic heterocycles. The summed E-state index contributed by atoms with van der Waals surface area (Å²) < 4.78 is 5.79. The normalized spacial score (nSPS) is 27.7. The van der Waals surface area contributed by atoms with Crippen molar-refractivity contribution in [3.63, 3.8) is 0 Å². The Morgan fingerprint density at radius 3 is 3.15 bits per heavy atom. The molecule has 2 fully saturated rings. The SMILES string of the molecule is CC(C)c1noc([C@@]23CCC[C@@H]2CN(Cc2cccc4c2NCC4)C3)n1. The number of hydrogen-bond acceptors (Lipinski definition) is 5. The zero-order chi connectivity index (χ0) is 17.7. The van der Waals surface area contributed by atoms with Gasteiger partial charge in [-0.1, -0.05) is 43.6 Å². The zero-order valence-electron chi connectivity index (χ0n) is 15.8. The molecule has 3 aliphatic rings. The molecule has 1 saturated heterocycles. The molecule has 2 aromatic rings. The molecule has 0 amide bonds. The van der Waals surface area contributed by atoms with Gasteiger partial charge in [-0.3, -0.25) is 4.90 Å². The van der Waals surface area contributed by atoms with E-state index >= 15 is 0 Å². The summed E-state index contributed by atoms with van der Waals surface area (Å²) in [7, 11) is 0. The Bertz CT molecular complexity index is 814. The number of benzene rings is 1. The van der Waals surface area contributed by atoms with E-state index in [9.17, 15) is 0 Å². The Kier molecular flexibility index (Phi) is 3.82. The first-order chi connectivity index (χ1) is 12.7. The number of nitrogens with one attached hydrogen (secondary N) is 1. The molecule has 0 radical (unpaired) electrons. The van der Waals surface area contributed by atoms with Gasteiger partial charge in [-0.15, -0.1) is 0 Å². The summed E-state index contributed by atoms with van der Waals surface area (Å²) in [5.41, 5.74) is 4.35. The van der Waals surface area contributed by atoms with Crippen LogP contribution in [0.1, 0.15) is 61.9 Å². The lowest BCUT2D eigenvalue weighted by Crippen LogP contribution is -2.32. The van der Waals surface area contributed by atoms with E-state index in [1.54, 1.807) is 0 Å². The van der Waals surface area contributed by atoms with Crippen LogP contribution in [0.2, 0.25) is 0 Å². The summed E-state index contributed by atoms with van der Waals surface area (Å²) in [6, 6.07) is 6.74. The Morgan fingerprint density at radius 2 is 2.31 bits per heavy atom. The maximum absolute atomic E-state index is 5.79. The first-order valence-corrected chi connectivity index (χ1v) is 10.1. The van der Waals surface area contributed by atoms with E-state index in [0.29, 0.717) is 11.8 Å². The molecule has 5 nitrogen and oxygen atoms in total. The molecule has 5 rings (SSSR count). The van der Waals surface area contributed by atoms with Gasteiger partial charge in [-0.25, -0.2) is 0 Å². The predicted octanol–water partition coefficient (Wildman–Crippen LogP) is 3.71. The van der Waals surface area contributed by atoms with E-state index in [4.69, 9.17) is 9.51 Å². The van der Waals surface area contributed by atoms with E-state index in [-0.39, 0.29) is 5.41 Å². The van der Waals surface area contributed by atoms with Crippen molar-refractivity contribution in [2.24, 2.45) is 5.92 Å². The van der Waals surface area contributed by atoms with Crippen molar-refractivity contribution in [2.75, 3.05) is 25.0 Å². The van der Waals surface area contributed by atoms with Crippen molar-refractivity contribution in [1.82, 2.24) is 15.0 Å². The summed E-state index contributed by atoms with van der Waals surface area (Å²) in [6.07, 6.45) is 4.88. The van der Waals surface area contributed by atoms with E-state index < -0.39 is 0 Å². The second-order valence-corrected chi connectivity index (χ2v) is 8.66. The molecule has 26 heavy (non-hydrogen) atoms. The van der Waals surface area contributed by atoms with Crippen LogP contribution in [0.4, 0.5) is 5.69 Å². The van der Waals surface area contributed by atoms with Gasteiger partial charge < -0.3 is 9.84 Å². The molecule has 0 spiro atoms. The van der Waals surface area contributed by atoms with Crippen LogP contribution < -0.4 is 5.32 Å². The molecule has 1 aliphatic carbocycles. The fourth-order valence-corrected chi connectivity index (χ4v) is 5.32. The number of hydrogen-bond donors (Lipinski definition) is 1. The van der Waals surface area contributed by atoms with Crippen LogP contribution in [0.15, 0.2) is 22.7 Å². The van der Waals surface area contributed by atoms with Gasteiger partial charge in [0, 0.05) is 37.8 Å². The molecule has 3 heterocycles. The Labute approximate surface area is 155 Å². The van der Waals surface area contributed by atoms with Crippen LogP contribution in [-0.2, 0) is 18.4 Å². The number of para-hydroxylation sites is 1. The van der Waals surface area contributed by atoms with Gasteiger partial charge in [0.05, 0.1) is 5.41 Å². The van der Waals surface area contributed by atoms with E-state index in [1.807, 2.05) is 0 Å². The molecule has 138 valence electrons. The number of rotatable bonds is 4. The molecule has 5 heteroatoms. The summed E-state index contributed by atoms with van der Waals surface area (Å²) in [5.74, 6) is 2.71. The summed E-state index contributed by atoms with van der Waals surface area (Å²) in [5, 5.41) is 7.84. The number of fused-ring (bicyclic) bond motifs is 2. The predicted molar refractivity (Wildman–Crippen MR) is 101 cm³/mol. The number of aromatic nitrogens is 2. The number of likely N-dealkylation sites (tertiary alicyclic amines) is 1. The Morgan fingerprint density at radius 1 is 1.38 bits per heavy atom. The lowest BCUT2D eigenvalue weighted by atomic mass is 9.80. The van der Waals surface area contributed by atoms with Gasteiger partial charge in [-0.2, -0.15) is 4.98 Å². The largest absolute Gasteiger partial charge is 0.384 e. The smallest absolute Gasteiger partial charge is 0.234 e. The molecule has 1 saturated carbocycles. The van der Waals surface area contributed by atoms with Gasteiger partial charge in [0.1, 0.15) is 0 Å². The first-order valence-electron chi connectivity index (χ1n) is 10.1. The minimum Gasteiger partial charge on any atom is -0.384 e. The third-order valence-corrected chi connectivity index (χ3v) is 6.65. The molecule has 1 N–H and O–H groups in total. The highest BCUT2D eigenvalue weighted by Crippen LogP contribution is 2.50. The van der Waals surface area contributed by atoms with E-state index in [1.165, 1.54) is 36.1 Å². The van der Waals surface area contributed by atoms with Crippen molar-refractivity contribution in [1.29, 1.82) is 0 Å². The molecular weight excluding hydrogens is 324 g/mol. The monoisotopic (exact) mass is 352 g/mol. The lowest BCUT2D eigenvalue weighted by molar-refractivity contribution is 0.244. The van der Waals surface area contributed by atoms with Crippen LogP contribution in [0, 0.1) is 5.92 Å². The minimum absolute atomic E-state index is 0.0749. The summed E-state index contributed by atoms with van der Waals surface area (Å²) in [4.78, 5) is 7.42. The average molecular weight is 352 g/mol. The van der Waals surface area contributed by atoms with Gasteiger partial charge in [0.25, 0.3) is 0 Å². The van der Waals surface area contributed by atoms with Crippen molar-refractivity contribution in [3.8, 4) is 0 Å². The molecular formula is C21H28N4O. The van der Waals surface area contributed by atoms with E-state index in [0.717, 1.165) is 44.3 Å². The average Bonchev–Trinajstić information content (AvgIpc) is 3.37. The van der Waals surface area contributed by atoms with Gasteiger partial charge in [0.2, 0.25) is 5.89 Å². The second-order valence-electron chi connectivity index (χ2n) is 8.66. The van der Waals surface area contributed by atoms with Crippen molar-refractivity contribution in [2.45, 2.75) is 57.4 Å². The molecule has 0 unspecified atom stereocenters. The van der Waals surface area contributed by atoms with E-state index in [2.05, 4.69) is 47.4 Å². The van der Waals surface area contributed by atoms with Crippen molar-refractivity contribution < 1.29 is 4.52 Å². The second kappa shape index (κ2) is 6.08. The van der Waals surface area contributed by atoms with Crippen molar-refractivity contribution in [3.05, 3.63) is 41.0 Å². The molecule has 2 atom stereocenters. The van der Waals surface area contributed by atoms with Gasteiger partial charge in [0.15, 0.2) is 5.82 Å². The Balaban J connectivity index is 1.40. The topological polar surface area (TPSA) is 54.2 Å². The summed E-state index contributed by atoms with van der Waals surface area (Å²) in [6.45, 7) is 8.52. The van der Waals surface area contributed by atoms with Crippen LogP contribution in [0.5, 0.6) is 0 Å². The lowest BCUT2D eigenvalue weighted by Gasteiger charge is -2.24. The zero-order valence-corrected chi connectivity index (χ0v) is 15.8. The highest BCUT2D eigenvalue weighted by Gasteiger charge is 2.54. The van der Waals surface area contributed by atoms with Crippen LogP contribution in [0.25, 0.3) is 0 Å². The maximum atomic E-state index is 5.79. The van der Waals surface area contributed by atoms with Gasteiger partial charge in [-0.05, 0) is 36.3 Å². The standard InChI is InChI=1S/C21H28N4O/c1-14(2)19-23-20(26-24-19)21-9-4-7-17(21)12-25(13-21)11-16-6-3-5-15-8-10-22-18(15)16/h3,5-6,14,17,22H,4,7-13H2,1-2H3/t17-,21-/m1/s1. The quantitative estimate of drug-likeness (QED) is 0.909. The van der Waals surface area contributed by atoms with Crippen molar-refractivity contribution >= 4 is 5.69 Å². The fourth-order valence-electron chi connectivity index (χ4n) is 5.32. The third kappa shape index (κ3) is 2.48. The highest BCUT2D eigenvalue weighted by molar-refractivity contribution is 5.61. The summed E-state index contributed by atoms with van der Waals surface area (Å²) >= 11 is 0. The van der Waals surface area contributed by atoms with Gasteiger partial charge >= 0.3 is 0 Å². The molecule has 0 bridgehead atoms. The third-order valence-electron chi connectivity index (χ3n) is 6.65. The minimum atomic E-state index is 0.0749. The highest BCUT2D eigenvalue weighted by atomic mass is 16.5. The van der Waals surface area contributed by atoms with Crippen LogP contribution >= 0.6 is 0 Å². The van der Waals surface area contributed by atoms with Crippen LogP contribution in [-0.4, -0.2) is 34.7 Å².